The fourth-order valence-electron chi connectivity index (χ4n) is 1.85. The maximum absolute atomic E-state index is 3.30. The van der Waals surface area contributed by atoms with Crippen molar-refractivity contribution in [3.05, 3.63) is 42.0 Å². The monoisotopic (exact) mass is 171 g/mol. The van der Waals surface area contributed by atoms with Crippen LogP contribution in [0.5, 0.6) is 0 Å². The first-order chi connectivity index (χ1) is 6.47. The number of rotatable bonds is 1. The van der Waals surface area contributed by atoms with Crippen LogP contribution in [-0.4, -0.2) is 0 Å². The highest BCUT2D eigenvalue weighted by atomic mass is 14.1. The molecule has 2 rings (SSSR count). The molecule has 0 aliphatic heterocycles. The summed E-state index contributed by atoms with van der Waals surface area (Å²) < 4.78 is 0. The predicted octanol–water partition coefficient (Wildman–Crippen LogP) is 3.83. The van der Waals surface area contributed by atoms with Crippen molar-refractivity contribution in [2.75, 3.05) is 0 Å². The van der Waals surface area contributed by atoms with Gasteiger partial charge in [-0.25, -0.2) is 0 Å². The number of hydrogen-bond donors (Lipinski definition) is 0. The highest BCUT2D eigenvalue weighted by Gasteiger charge is 2.04. The van der Waals surface area contributed by atoms with E-state index < -0.39 is 0 Å². The lowest BCUT2D eigenvalue weighted by Gasteiger charge is -2.03. The summed E-state index contributed by atoms with van der Waals surface area (Å²) in [4.78, 5) is 0. The fraction of sp³-hybridized carbons (Fsp3) is 0.385. The lowest BCUT2D eigenvalue weighted by molar-refractivity contribution is 0.720. The smallest absolute Gasteiger partial charge is 0.0103 e. The Morgan fingerprint density at radius 1 is 1.08 bits per heavy atom. The molecule has 0 spiro atoms. The Morgan fingerprint density at radius 2 is 2.08 bits per heavy atom. The van der Waals surface area contributed by atoms with Crippen molar-refractivity contribution in [3.8, 4) is 0 Å². The third-order valence-corrected chi connectivity index (χ3v) is 2.60. The molecule has 0 heterocycles. The van der Waals surface area contributed by atoms with Gasteiger partial charge in [-0.1, -0.05) is 36.8 Å². The number of hydrogen-bond acceptors (Lipinski definition) is 0. The summed E-state index contributed by atoms with van der Waals surface area (Å²) in [7, 11) is 0. The van der Waals surface area contributed by atoms with Crippen LogP contribution in [0.4, 0.5) is 0 Å². The van der Waals surface area contributed by atoms with Crippen LogP contribution >= 0.6 is 0 Å². The van der Waals surface area contributed by atoms with E-state index in [1.807, 2.05) is 12.1 Å². The summed E-state index contributed by atoms with van der Waals surface area (Å²) in [6.07, 6.45) is 8.95. The molecule has 1 radical (unpaired) electrons. The van der Waals surface area contributed by atoms with Gasteiger partial charge in [0.2, 0.25) is 0 Å². The van der Waals surface area contributed by atoms with Gasteiger partial charge in [0, 0.05) is 0 Å². The Balaban J connectivity index is 2.19. The van der Waals surface area contributed by atoms with Crippen molar-refractivity contribution in [1.29, 1.82) is 0 Å². The molecule has 1 aromatic carbocycles. The summed E-state index contributed by atoms with van der Waals surface area (Å²) in [6, 6.07) is 11.6. The molecule has 67 valence electrons. The Morgan fingerprint density at radius 3 is 2.92 bits per heavy atom. The molecule has 0 atom stereocenters. The van der Waals surface area contributed by atoms with Gasteiger partial charge in [-0.2, -0.15) is 0 Å². The fourth-order valence-corrected chi connectivity index (χ4v) is 1.85. The van der Waals surface area contributed by atoms with Crippen molar-refractivity contribution >= 4 is 5.57 Å². The largest absolute Gasteiger partial charge is 0.0807 e. The second-order valence-electron chi connectivity index (χ2n) is 3.60. The van der Waals surface area contributed by atoms with Crippen molar-refractivity contribution in [2.45, 2.75) is 32.1 Å². The van der Waals surface area contributed by atoms with Crippen LogP contribution in [0.25, 0.3) is 5.57 Å². The van der Waals surface area contributed by atoms with Crippen LogP contribution in [0.3, 0.4) is 0 Å². The maximum atomic E-state index is 3.30. The molecule has 0 N–H and O–H groups in total. The quantitative estimate of drug-likeness (QED) is 0.602. The molecular formula is C13H15. The van der Waals surface area contributed by atoms with Crippen molar-refractivity contribution < 1.29 is 0 Å². The third-order valence-electron chi connectivity index (χ3n) is 2.60. The van der Waals surface area contributed by atoms with Crippen molar-refractivity contribution in [1.82, 2.24) is 0 Å². The van der Waals surface area contributed by atoms with Crippen LogP contribution in [0, 0.1) is 6.07 Å². The molecule has 1 aromatic rings. The predicted molar refractivity (Wildman–Crippen MR) is 56.3 cm³/mol. The average molecular weight is 171 g/mol. The molecule has 0 nitrogen and oxygen atoms in total. The lowest BCUT2D eigenvalue weighted by Crippen LogP contribution is -1.82. The van der Waals surface area contributed by atoms with E-state index in [9.17, 15) is 0 Å². The molecular weight excluding hydrogens is 156 g/mol. The maximum Gasteiger partial charge on any atom is -0.0103 e. The lowest BCUT2D eigenvalue weighted by atomic mass is 10.0. The van der Waals surface area contributed by atoms with Crippen LogP contribution < -0.4 is 0 Å². The number of benzene rings is 1. The molecule has 0 amide bonds. The first-order valence-corrected chi connectivity index (χ1v) is 5.13. The van der Waals surface area contributed by atoms with Crippen LogP contribution in [0.1, 0.15) is 37.7 Å². The molecule has 0 unspecified atom stereocenters. The Hall–Kier alpha value is -1.04. The van der Waals surface area contributed by atoms with Gasteiger partial charge in [-0.15, -0.1) is 0 Å². The molecule has 0 aromatic heterocycles. The molecule has 0 saturated carbocycles. The minimum atomic E-state index is 1.24. The topological polar surface area (TPSA) is 0 Å². The standard InChI is InChI=1S/C13H15/c1-2-5-9-12(8-4-1)13-10-6-3-7-11-13/h3,6-8,10H,1-2,4-5,9H2. The summed E-state index contributed by atoms with van der Waals surface area (Å²) in [5, 5.41) is 0. The van der Waals surface area contributed by atoms with E-state index in [4.69, 9.17) is 0 Å². The van der Waals surface area contributed by atoms with Crippen molar-refractivity contribution in [3.63, 3.8) is 0 Å². The summed E-state index contributed by atoms with van der Waals surface area (Å²) >= 11 is 0. The van der Waals surface area contributed by atoms with E-state index in [1.165, 1.54) is 43.2 Å². The highest BCUT2D eigenvalue weighted by Crippen LogP contribution is 2.25. The SMILES string of the molecule is [c]1ccccc1C1=CCCCCC1. The van der Waals surface area contributed by atoms with E-state index in [-0.39, 0.29) is 0 Å². The highest BCUT2D eigenvalue weighted by molar-refractivity contribution is 5.65. The molecule has 1 aliphatic rings. The average Bonchev–Trinajstić information content (AvgIpc) is 2.47. The van der Waals surface area contributed by atoms with Crippen molar-refractivity contribution in [2.24, 2.45) is 0 Å². The Bertz CT molecular complexity index is 282. The van der Waals surface area contributed by atoms with E-state index in [0.29, 0.717) is 0 Å². The minimum absolute atomic E-state index is 1.24. The summed E-state index contributed by atoms with van der Waals surface area (Å²) in [5.41, 5.74) is 2.79. The molecule has 0 bridgehead atoms. The van der Waals surface area contributed by atoms with E-state index in [1.54, 1.807) is 0 Å². The zero-order valence-electron chi connectivity index (χ0n) is 7.92. The Kier molecular flexibility index (Phi) is 2.81. The van der Waals surface area contributed by atoms with Gasteiger partial charge < -0.3 is 0 Å². The first-order valence-electron chi connectivity index (χ1n) is 5.13. The van der Waals surface area contributed by atoms with Gasteiger partial charge in [-0.05, 0) is 42.9 Å². The second kappa shape index (κ2) is 4.27. The van der Waals surface area contributed by atoms with Gasteiger partial charge in [0.05, 0.1) is 0 Å². The first kappa shape index (κ1) is 8.55. The molecule has 0 fully saturated rings. The third kappa shape index (κ3) is 2.21. The summed E-state index contributed by atoms with van der Waals surface area (Å²) in [6.45, 7) is 0. The Labute approximate surface area is 80.3 Å². The second-order valence-corrected chi connectivity index (χ2v) is 3.60. The van der Waals surface area contributed by atoms with E-state index in [0.717, 1.165) is 0 Å². The van der Waals surface area contributed by atoms with E-state index in [2.05, 4.69) is 24.3 Å². The number of allylic oxidation sites excluding steroid dienone is 2. The zero-order valence-corrected chi connectivity index (χ0v) is 7.92. The van der Waals surface area contributed by atoms with E-state index >= 15 is 0 Å². The molecule has 0 heteroatoms. The molecule has 13 heavy (non-hydrogen) atoms. The summed E-state index contributed by atoms with van der Waals surface area (Å²) in [5.74, 6) is 0. The van der Waals surface area contributed by atoms with Gasteiger partial charge in [-0.3, -0.25) is 0 Å². The van der Waals surface area contributed by atoms with Crippen LogP contribution in [-0.2, 0) is 0 Å². The van der Waals surface area contributed by atoms with Crippen LogP contribution in [0.15, 0.2) is 30.3 Å². The van der Waals surface area contributed by atoms with Gasteiger partial charge in [0.25, 0.3) is 0 Å². The normalized spacial score (nSPS) is 17.7. The van der Waals surface area contributed by atoms with Crippen LogP contribution in [0.2, 0.25) is 0 Å². The molecule has 0 saturated heterocycles. The minimum Gasteiger partial charge on any atom is -0.0807 e. The molecule has 1 aliphatic carbocycles. The van der Waals surface area contributed by atoms with Gasteiger partial charge in [0.15, 0.2) is 0 Å². The van der Waals surface area contributed by atoms with Gasteiger partial charge in [0.1, 0.15) is 0 Å². The van der Waals surface area contributed by atoms with Gasteiger partial charge >= 0.3 is 0 Å². The zero-order chi connectivity index (χ0) is 8.93.